The third kappa shape index (κ3) is 7.51. The van der Waals surface area contributed by atoms with Crippen molar-refractivity contribution >= 4 is 62.8 Å². The summed E-state index contributed by atoms with van der Waals surface area (Å²) in [5.74, 6) is -0.166. The van der Waals surface area contributed by atoms with Crippen molar-refractivity contribution in [3.05, 3.63) is 74.2 Å². The molecule has 0 aliphatic rings. The van der Waals surface area contributed by atoms with Crippen molar-refractivity contribution in [3.8, 4) is 23.0 Å². The van der Waals surface area contributed by atoms with Crippen LogP contribution in [0.4, 0.5) is 5.69 Å². The van der Waals surface area contributed by atoms with Crippen LogP contribution in [-0.4, -0.2) is 39.4 Å². The molecule has 3 aromatic carbocycles. The second-order valence-corrected chi connectivity index (χ2v) is 8.98. The van der Waals surface area contributed by atoms with Crippen LogP contribution in [0.25, 0.3) is 0 Å². The van der Waals surface area contributed by atoms with E-state index in [-0.39, 0.29) is 6.61 Å². The molecule has 0 aliphatic carbocycles. The number of hydrazone groups is 1. The number of hydrogen-bond acceptors (Lipinski definition) is 7. The van der Waals surface area contributed by atoms with Crippen molar-refractivity contribution in [3.63, 3.8) is 0 Å². The fourth-order valence-corrected chi connectivity index (χ4v) is 4.08. The highest BCUT2D eigenvalue weighted by Gasteiger charge is 2.16. The zero-order chi connectivity index (χ0) is 26.9. The van der Waals surface area contributed by atoms with E-state index in [0.717, 1.165) is 5.56 Å². The third-order valence-corrected chi connectivity index (χ3v) is 6.06. The smallest absolute Gasteiger partial charge is 0.329 e. The van der Waals surface area contributed by atoms with Crippen LogP contribution in [0.5, 0.6) is 23.0 Å². The van der Waals surface area contributed by atoms with E-state index in [1.807, 2.05) is 0 Å². The first-order valence-electron chi connectivity index (χ1n) is 10.6. The van der Waals surface area contributed by atoms with Gasteiger partial charge in [0.05, 0.1) is 37.7 Å². The van der Waals surface area contributed by atoms with Gasteiger partial charge in [-0.3, -0.25) is 9.59 Å². The number of amides is 2. The second-order valence-electron chi connectivity index (χ2n) is 7.28. The summed E-state index contributed by atoms with van der Waals surface area (Å²) in [6, 6.07) is 13.2. The lowest BCUT2D eigenvalue weighted by Gasteiger charge is -2.14. The summed E-state index contributed by atoms with van der Waals surface area (Å²) in [5.41, 5.74) is 3.80. The molecule has 0 aliphatic heterocycles. The number of halogens is 3. The van der Waals surface area contributed by atoms with E-state index in [2.05, 4.69) is 31.8 Å². The molecule has 0 radical (unpaired) electrons. The summed E-state index contributed by atoms with van der Waals surface area (Å²) < 4.78 is 22.2. The van der Waals surface area contributed by atoms with Crippen molar-refractivity contribution in [1.82, 2.24) is 5.43 Å². The maximum atomic E-state index is 12.3. The van der Waals surface area contributed by atoms with Crippen molar-refractivity contribution < 1.29 is 28.5 Å². The Labute approximate surface area is 231 Å². The van der Waals surface area contributed by atoms with E-state index in [9.17, 15) is 9.59 Å². The molecule has 0 atom stereocenters. The highest BCUT2D eigenvalue weighted by atomic mass is 79.9. The van der Waals surface area contributed by atoms with Crippen molar-refractivity contribution in [2.75, 3.05) is 26.6 Å². The molecular formula is C25H22BrCl2N3O6. The molecule has 0 bridgehead atoms. The molecular weight excluding hydrogens is 589 g/mol. The van der Waals surface area contributed by atoms with Crippen LogP contribution < -0.4 is 29.7 Å². The van der Waals surface area contributed by atoms with Crippen LogP contribution in [0.3, 0.4) is 0 Å². The molecule has 3 aromatic rings. The number of nitrogens with one attached hydrogen (secondary N) is 2. The molecule has 0 fully saturated rings. The average Bonchev–Trinajstić information content (AvgIpc) is 2.88. The molecule has 0 spiro atoms. The summed E-state index contributed by atoms with van der Waals surface area (Å²) in [5, 5.41) is 7.33. The molecule has 0 saturated heterocycles. The van der Waals surface area contributed by atoms with Gasteiger partial charge >= 0.3 is 11.8 Å². The molecule has 0 aromatic heterocycles. The van der Waals surface area contributed by atoms with Crippen molar-refractivity contribution in [1.29, 1.82) is 0 Å². The van der Waals surface area contributed by atoms with E-state index in [1.165, 1.54) is 27.5 Å². The predicted molar refractivity (Wildman–Crippen MR) is 145 cm³/mol. The summed E-state index contributed by atoms with van der Waals surface area (Å²) >= 11 is 15.6. The first-order valence-corrected chi connectivity index (χ1v) is 12.1. The number of nitrogens with zero attached hydrogens (tertiary/aromatic N) is 1. The number of carbonyl (C=O) groups is 2. The largest absolute Gasteiger partial charge is 0.497 e. The Bertz CT molecular complexity index is 1340. The van der Waals surface area contributed by atoms with Crippen LogP contribution in [0, 0.1) is 0 Å². The van der Waals surface area contributed by atoms with Gasteiger partial charge in [0.15, 0.2) is 11.5 Å². The monoisotopic (exact) mass is 609 g/mol. The predicted octanol–water partition coefficient (Wildman–Crippen LogP) is 5.45. The number of anilines is 1. The van der Waals surface area contributed by atoms with Gasteiger partial charge in [-0.25, -0.2) is 5.43 Å². The Kier molecular flexibility index (Phi) is 10.0. The Hall–Kier alpha value is -3.47. The number of benzene rings is 3. The van der Waals surface area contributed by atoms with Crippen molar-refractivity contribution in [2.24, 2.45) is 5.10 Å². The van der Waals surface area contributed by atoms with Gasteiger partial charge in [0, 0.05) is 21.7 Å². The van der Waals surface area contributed by atoms with Crippen molar-refractivity contribution in [2.45, 2.75) is 6.61 Å². The Morgan fingerprint density at radius 2 is 1.70 bits per heavy atom. The minimum absolute atomic E-state index is 0.183. The Morgan fingerprint density at radius 1 is 0.946 bits per heavy atom. The lowest BCUT2D eigenvalue weighted by Crippen LogP contribution is -2.32. The Morgan fingerprint density at radius 3 is 2.38 bits per heavy atom. The maximum absolute atomic E-state index is 12.3. The zero-order valence-corrected chi connectivity index (χ0v) is 23.0. The first-order chi connectivity index (χ1) is 17.7. The number of hydrogen-bond donors (Lipinski definition) is 2. The molecule has 2 N–H and O–H groups in total. The second kappa shape index (κ2) is 13.2. The summed E-state index contributed by atoms with van der Waals surface area (Å²) in [6.07, 6.45) is 1.35. The SMILES string of the molecule is COc1ccc(NC(=O)C(=O)N/N=C/c2cc(Br)c(OCc3ccc(Cl)cc3Cl)c(OC)c2)c(OC)c1. The van der Waals surface area contributed by atoms with E-state index in [4.69, 9.17) is 42.1 Å². The minimum atomic E-state index is -0.972. The summed E-state index contributed by atoms with van der Waals surface area (Å²) in [7, 11) is 4.43. The van der Waals surface area contributed by atoms with E-state index in [1.54, 1.807) is 48.5 Å². The van der Waals surface area contributed by atoms with Gasteiger partial charge in [0.1, 0.15) is 18.1 Å². The molecule has 194 valence electrons. The highest BCUT2D eigenvalue weighted by Crippen LogP contribution is 2.37. The van der Waals surface area contributed by atoms with Gasteiger partial charge in [-0.05, 0) is 57.9 Å². The summed E-state index contributed by atoms with van der Waals surface area (Å²) in [6.45, 7) is 0.183. The lowest BCUT2D eigenvalue weighted by atomic mass is 10.2. The Balaban J connectivity index is 1.64. The maximum Gasteiger partial charge on any atom is 0.329 e. The van der Waals surface area contributed by atoms with E-state index < -0.39 is 11.8 Å². The molecule has 37 heavy (non-hydrogen) atoms. The topological polar surface area (TPSA) is 107 Å². The zero-order valence-electron chi connectivity index (χ0n) is 19.9. The lowest BCUT2D eigenvalue weighted by molar-refractivity contribution is -0.136. The van der Waals surface area contributed by atoms with Gasteiger partial charge in [0.2, 0.25) is 0 Å². The van der Waals surface area contributed by atoms with Crippen LogP contribution in [0.1, 0.15) is 11.1 Å². The van der Waals surface area contributed by atoms with Crippen LogP contribution in [-0.2, 0) is 16.2 Å². The van der Waals surface area contributed by atoms with Crippen LogP contribution in [0.2, 0.25) is 10.0 Å². The van der Waals surface area contributed by atoms with Gasteiger partial charge in [-0.2, -0.15) is 5.10 Å². The molecule has 0 saturated carbocycles. The number of methoxy groups -OCH3 is 3. The molecule has 0 heterocycles. The van der Waals surface area contributed by atoms with E-state index >= 15 is 0 Å². The average molecular weight is 611 g/mol. The third-order valence-electron chi connectivity index (χ3n) is 4.88. The van der Waals surface area contributed by atoms with Gasteiger partial charge in [-0.15, -0.1) is 0 Å². The number of carbonyl (C=O) groups excluding carboxylic acids is 2. The van der Waals surface area contributed by atoms with Gasteiger partial charge < -0.3 is 24.3 Å². The molecule has 3 rings (SSSR count). The quantitative estimate of drug-likeness (QED) is 0.190. The molecule has 2 amide bonds. The normalized spacial score (nSPS) is 10.6. The molecule has 0 unspecified atom stereocenters. The molecule has 9 nitrogen and oxygen atoms in total. The number of rotatable bonds is 9. The standard InChI is InChI=1S/C25H22BrCl2N3O6/c1-34-17-6-7-20(21(11-17)35-2)30-24(32)25(33)31-29-12-14-8-18(26)23(22(9-14)36-3)37-13-15-4-5-16(27)10-19(15)28/h4-12H,13H2,1-3H3,(H,30,32)(H,31,33)/b29-12+. The fraction of sp³-hybridized carbons (Fsp3) is 0.160. The van der Waals surface area contributed by atoms with Crippen LogP contribution >= 0.6 is 39.1 Å². The minimum Gasteiger partial charge on any atom is -0.497 e. The van der Waals surface area contributed by atoms with Crippen LogP contribution in [0.15, 0.2) is 58.1 Å². The number of ether oxygens (including phenoxy) is 4. The van der Waals surface area contributed by atoms with E-state index in [0.29, 0.717) is 48.8 Å². The van der Waals surface area contributed by atoms with Gasteiger partial charge in [0.25, 0.3) is 0 Å². The highest BCUT2D eigenvalue weighted by molar-refractivity contribution is 9.10. The fourth-order valence-electron chi connectivity index (χ4n) is 3.04. The van der Waals surface area contributed by atoms with Gasteiger partial charge in [-0.1, -0.05) is 29.3 Å². The summed E-state index contributed by atoms with van der Waals surface area (Å²) in [4.78, 5) is 24.5. The molecule has 12 heteroatoms. The first kappa shape index (κ1) is 28.1.